The van der Waals surface area contributed by atoms with Crippen LogP contribution in [-0.4, -0.2) is 46.5 Å². The Balaban J connectivity index is 1.61. The van der Waals surface area contributed by atoms with Crippen molar-refractivity contribution in [3.63, 3.8) is 0 Å². The molecule has 124 valence electrons. The lowest BCUT2D eigenvalue weighted by Gasteiger charge is -2.45. The van der Waals surface area contributed by atoms with E-state index in [4.69, 9.17) is 9.47 Å². The molecule has 23 heavy (non-hydrogen) atoms. The Kier molecular flexibility index (Phi) is 3.09. The van der Waals surface area contributed by atoms with E-state index in [2.05, 4.69) is 6.58 Å². The molecule has 1 spiro atoms. The molecule has 0 bridgehead atoms. The Bertz CT molecular complexity index is 598. The van der Waals surface area contributed by atoms with Gasteiger partial charge in [-0.15, -0.1) is 0 Å². The number of hydrogen-bond acceptors (Lipinski definition) is 5. The van der Waals surface area contributed by atoms with Gasteiger partial charge in [0.1, 0.15) is 11.7 Å². The number of fused-ring (bicyclic) bond motifs is 2. The zero-order valence-corrected chi connectivity index (χ0v) is 13.2. The van der Waals surface area contributed by atoms with Crippen LogP contribution in [0.15, 0.2) is 12.2 Å². The zero-order valence-electron chi connectivity index (χ0n) is 13.2. The fourth-order valence-corrected chi connectivity index (χ4v) is 4.80. The van der Waals surface area contributed by atoms with Gasteiger partial charge in [-0.2, -0.15) is 0 Å². The molecule has 5 atom stereocenters. The molecule has 4 fully saturated rings. The van der Waals surface area contributed by atoms with E-state index in [1.807, 2.05) is 11.8 Å². The van der Waals surface area contributed by atoms with E-state index >= 15 is 0 Å². The number of nitrogens with zero attached hydrogens (tertiary/aromatic N) is 1. The Morgan fingerprint density at radius 2 is 2.04 bits per heavy atom. The smallest absolute Gasteiger partial charge is 0.333 e. The van der Waals surface area contributed by atoms with Gasteiger partial charge in [0.2, 0.25) is 5.91 Å². The van der Waals surface area contributed by atoms with Crippen LogP contribution in [-0.2, 0) is 23.9 Å². The van der Waals surface area contributed by atoms with Gasteiger partial charge < -0.3 is 14.4 Å². The largest absolute Gasteiger partial charge is 0.457 e. The first-order valence-electron chi connectivity index (χ1n) is 8.34. The third-order valence-corrected chi connectivity index (χ3v) is 5.87. The van der Waals surface area contributed by atoms with Gasteiger partial charge in [0.25, 0.3) is 0 Å². The van der Waals surface area contributed by atoms with Crippen molar-refractivity contribution in [2.24, 2.45) is 5.92 Å². The van der Waals surface area contributed by atoms with E-state index in [9.17, 15) is 14.4 Å². The Morgan fingerprint density at radius 1 is 1.26 bits per heavy atom. The number of amides is 1. The van der Waals surface area contributed by atoms with Gasteiger partial charge in [0.15, 0.2) is 0 Å². The number of carbonyl (C=O) groups excluding carboxylic acids is 3. The summed E-state index contributed by atoms with van der Waals surface area (Å²) in [6, 6.07) is -0.210. The van der Waals surface area contributed by atoms with Gasteiger partial charge in [-0.3, -0.25) is 9.59 Å². The van der Waals surface area contributed by atoms with Crippen molar-refractivity contribution < 1.29 is 23.9 Å². The number of carbonyl (C=O) groups is 3. The van der Waals surface area contributed by atoms with Crippen molar-refractivity contribution in [2.45, 2.75) is 69.2 Å². The van der Waals surface area contributed by atoms with Crippen LogP contribution in [0, 0.1) is 5.92 Å². The molecule has 0 aromatic carbocycles. The predicted molar refractivity (Wildman–Crippen MR) is 79.1 cm³/mol. The zero-order chi connectivity index (χ0) is 16.4. The molecule has 4 aliphatic heterocycles. The number of ether oxygens (including phenoxy) is 2. The first-order valence-corrected chi connectivity index (χ1v) is 8.34. The Morgan fingerprint density at radius 3 is 2.65 bits per heavy atom. The molecule has 4 aliphatic rings. The van der Waals surface area contributed by atoms with Crippen LogP contribution in [0.5, 0.6) is 0 Å². The molecule has 0 unspecified atom stereocenters. The minimum Gasteiger partial charge on any atom is -0.457 e. The number of cyclic esters (lactones) is 1. The highest BCUT2D eigenvalue weighted by Gasteiger charge is 2.60. The van der Waals surface area contributed by atoms with E-state index in [1.54, 1.807) is 0 Å². The molecular weight excluding hydrogens is 298 g/mol. The van der Waals surface area contributed by atoms with Gasteiger partial charge in [0.05, 0.1) is 18.0 Å². The molecule has 0 aromatic rings. The van der Waals surface area contributed by atoms with E-state index in [-0.39, 0.29) is 42.0 Å². The average Bonchev–Trinajstić information content (AvgIpc) is 3.15. The maximum atomic E-state index is 12.5. The fourth-order valence-electron chi connectivity index (χ4n) is 4.80. The van der Waals surface area contributed by atoms with Crippen LogP contribution in [0.3, 0.4) is 0 Å². The molecule has 4 rings (SSSR count). The summed E-state index contributed by atoms with van der Waals surface area (Å²) in [5, 5.41) is 0. The Hall–Kier alpha value is -1.85. The summed E-state index contributed by atoms with van der Waals surface area (Å²) in [5.41, 5.74) is -0.0720. The second kappa shape index (κ2) is 4.82. The number of piperidine rings is 1. The third kappa shape index (κ3) is 2.03. The summed E-state index contributed by atoms with van der Waals surface area (Å²) in [5.74, 6) is -0.567. The lowest BCUT2D eigenvalue weighted by molar-refractivity contribution is -0.170. The van der Waals surface area contributed by atoms with E-state index in [1.165, 1.54) is 0 Å². The summed E-state index contributed by atoms with van der Waals surface area (Å²) >= 11 is 0. The van der Waals surface area contributed by atoms with Crippen molar-refractivity contribution >= 4 is 17.8 Å². The number of esters is 2. The molecule has 1 amide bonds. The van der Waals surface area contributed by atoms with Gasteiger partial charge in [-0.05, 0) is 19.3 Å². The third-order valence-electron chi connectivity index (χ3n) is 5.87. The summed E-state index contributed by atoms with van der Waals surface area (Å²) in [6.45, 7) is 5.61. The lowest BCUT2D eigenvalue weighted by atomic mass is 9.80. The van der Waals surface area contributed by atoms with Crippen molar-refractivity contribution in [1.82, 2.24) is 4.90 Å². The maximum Gasteiger partial charge on any atom is 0.333 e. The van der Waals surface area contributed by atoms with Crippen molar-refractivity contribution in [2.75, 3.05) is 0 Å². The Labute approximate surface area is 134 Å². The molecule has 0 aliphatic carbocycles. The molecule has 6 nitrogen and oxygen atoms in total. The van der Waals surface area contributed by atoms with Crippen LogP contribution in [0.2, 0.25) is 0 Å². The van der Waals surface area contributed by atoms with Gasteiger partial charge >= 0.3 is 11.9 Å². The standard InChI is InChI=1S/C17H21NO5/c1-9-7-12(22-15(9)20)11-3-4-13-17(6-5-14(19)18(11)13)8-10(2)16(21)23-17/h10-13H,1,3-8H2,2H3/t10-,11+,12+,13+,17+/m1/s1. The SMILES string of the molecule is C=C1C[C@@H]([C@@H]2CC[C@@H]3N2C(=O)CC[C@]32C[C@@H](C)C(=O)O2)OC1=O. The monoisotopic (exact) mass is 319 g/mol. The molecule has 4 heterocycles. The van der Waals surface area contributed by atoms with Gasteiger partial charge in [-0.1, -0.05) is 13.5 Å². The van der Waals surface area contributed by atoms with E-state index in [0.717, 1.165) is 12.8 Å². The quantitative estimate of drug-likeness (QED) is 0.538. The van der Waals surface area contributed by atoms with Crippen molar-refractivity contribution in [3.8, 4) is 0 Å². The molecular formula is C17H21NO5. The minimum atomic E-state index is -0.543. The van der Waals surface area contributed by atoms with E-state index < -0.39 is 5.60 Å². The van der Waals surface area contributed by atoms with Crippen LogP contribution in [0.1, 0.15) is 45.4 Å². The van der Waals surface area contributed by atoms with E-state index in [0.29, 0.717) is 31.3 Å². The van der Waals surface area contributed by atoms with Crippen molar-refractivity contribution in [1.29, 1.82) is 0 Å². The van der Waals surface area contributed by atoms with Crippen LogP contribution in [0.25, 0.3) is 0 Å². The average molecular weight is 319 g/mol. The molecule has 0 aromatic heterocycles. The highest BCUT2D eigenvalue weighted by atomic mass is 16.6. The summed E-state index contributed by atoms with van der Waals surface area (Å²) in [7, 11) is 0. The first-order chi connectivity index (χ1) is 10.9. The normalized spacial score (nSPS) is 43.1. The van der Waals surface area contributed by atoms with Crippen LogP contribution < -0.4 is 0 Å². The molecule has 0 radical (unpaired) electrons. The van der Waals surface area contributed by atoms with Gasteiger partial charge in [-0.25, -0.2) is 4.79 Å². The van der Waals surface area contributed by atoms with Crippen LogP contribution in [0.4, 0.5) is 0 Å². The summed E-state index contributed by atoms with van der Waals surface area (Å²) in [4.78, 5) is 37.9. The number of hydrogen-bond donors (Lipinski definition) is 0. The first kappa shape index (κ1) is 14.7. The fraction of sp³-hybridized carbons (Fsp3) is 0.706. The molecule has 4 saturated heterocycles. The molecule has 6 heteroatoms. The topological polar surface area (TPSA) is 72.9 Å². The second-order valence-corrected chi connectivity index (χ2v) is 7.30. The summed E-state index contributed by atoms with van der Waals surface area (Å²) in [6.07, 6.45) is 3.38. The maximum absolute atomic E-state index is 12.5. The lowest BCUT2D eigenvalue weighted by Crippen LogP contribution is -2.59. The minimum absolute atomic E-state index is 0.0762. The van der Waals surface area contributed by atoms with Crippen LogP contribution >= 0.6 is 0 Å². The molecule has 0 N–H and O–H groups in total. The predicted octanol–water partition coefficient (Wildman–Crippen LogP) is 1.33. The van der Waals surface area contributed by atoms with Gasteiger partial charge in [0, 0.05) is 24.8 Å². The van der Waals surface area contributed by atoms with Crippen molar-refractivity contribution in [3.05, 3.63) is 12.2 Å². The highest BCUT2D eigenvalue weighted by Crippen LogP contribution is 2.49. The molecule has 0 saturated carbocycles. The summed E-state index contributed by atoms with van der Waals surface area (Å²) < 4.78 is 11.2. The number of rotatable bonds is 1. The highest BCUT2D eigenvalue weighted by molar-refractivity contribution is 5.90. The second-order valence-electron chi connectivity index (χ2n) is 7.30.